The van der Waals surface area contributed by atoms with Crippen LogP contribution in [0, 0.1) is 12.7 Å². The number of nitrogens with zero attached hydrogens (tertiary/aromatic N) is 1. The number of carbonyl (C=O) groups is 3. The maximum Gasteiger partial charge on any atom is 0.274 e. The van der Waals surface area contributed by atoms with Gasteiger partial charge in [-0.25, -0.2) is 4.39 Å². The fourth-order valence-electron chi connectivity index (χ4n) is 3.10. The van der Waals surface area contributed by atoms with Gasteiger partial charge in [0, 0.05) is 13.1 Å². The van der Waals surface area contributed by atoms with Crippen molar-refractivity contribution in [2.24, 2.45) is 0 Å². The van der Waals surface area contributed by atoms with E-state index in [1.807, 2.05) is 31.2 Å². The van der Waals surface area contributed by atoms with Crippen LogP contribution >= 0.6 is 0 Å². The topological polar surface area (TPSA) is 100 Å². The standard InChI is InChI=1S/C24H23FN4O3/c1-15-6-8-17(9-7-15)21(27-16(2)30)14-23(31)28-22-13-18(25)10-11-19(22)29-24(32)20-5-3-4-12-26-20/h3-13,21H,14H2,1-2H3,(H,27,30)(H,28,31)(H,29,32). The lowest BCUT2D eigenvalue weighted by atomic mass is 10.0. The van der Waals surface area contributed by atoms with Crippen molar-refractivity contribution in [3.63, 3.8) is 0 Å². The van der Waals surface area contributed by atoms with Crippen LogP contribution in [-0.4, -0.2) is 22.7 Å². The molecule has 164 valence electrons. The first kappa shape index (κ1) is 22.6. The number of hydrogen-bond donors (Lipinski definition) is 3. The van der Waals surface area contributed by atoms with E-state index in [0.717, 1.165) is 17.2 Å². The van der Waals surface area contributed by atoms with Gasteiger partial charge < -0.3 is 16.0 Å². The summed E-state index contributed by atoms with van der Waals surface area (Å²) in [5, 5.41) is 8.02. The average molecular weight is 434 g/mol. The van der Waals surface area contributed by atoms with Crippen molar-refractivity contribution >= 4 is 29.1 Å². The molecular formula is C24H23FN4O3. The predicted octanol–water partition coefficient (Wildman–Crippen LogP) is 3.99. The molecule has 3 rings (SSSR count). The van der Waals surface area contributed by atoms with Gasteiger partial charge in [0.15, 0.2) is 0 Å². The molecule has 0 aliphatic rings. The van der Waals surface area contributed by atoms with Crippen molar-refractivity contribution in [1.82, 2.24) is 10.3 Å². The number of aromatic nitrogens is 1. The highest BCUT2D eigenvalue weighted by molar-refractivity contribution is 6.06. The Hall–Kier alpha value is -4.07. The van der Waals surface area contributed by atoms with Crippen molar-refractivity contribution in [3.05, 3.63) is 89.5 Å². The SMILES string of the molecule is CC(=O)NC(CC(=O)Nc1cc(F)ccc1NC(=O)c1ccccn1)c1ccc(C)cc1. The summed E-state index contributed by atoms with van der Waals surface area (Å²) in [5.74, 6) is -1.81. The monoisotopic (exact) mass is 434 g/mol. The van der Waals surface area contributed by atoms with E-state index in [4.69, 9.17) is 0 Å². The summed E-state index contributed by atoms with van der Waals surface area (Å²) in [5.41, 5.74) is 2.32. The zero-order valence-corrected chi connectivity index (χ0v) is 17.7. The predicted molar refractivity (Wildman–Crippen MR) is 120 cm³/mol. The Morgan fingerprint density at radius 1 is 0.969 bits per heavy atom. The Morgan fingerprint density at radius 2 is 1.72 bits per heavy atom. The Kier molecular flexibility index (Phi) is 7.28. The largest absolute Gasteiger partial charge is 0.349 e. The van der Waals surface area contributed by atoms with Gasteiger partial charge in [0.2, 0.25) is 11.8 Å². The quantitative estimate of drug-likeness (QED) is 0.524. The molecule has 2 aromatic carbocycles. The maximum absolute atomic E-state index is 13.9. The Morgan fingerprint density at radius 3 is 2.38 bits per heavy atom. The summed E-state index contributed by atoms with van der Waals surface area (Å²) >= 11 is 0. The highest BCUT2D eigenvalue weighted by Gasteiger charge is 2.19. The second-order valence-electron chi connectivity index (χ2n) is 7.28. The summed E-state index contributed by atoms with van der Waals surface area (Å²) in [6, 6.07) is 15.4. The van der Waals surface area contributed by atoms with Gasteiger partial charge in [-0.15, -0.1) is 0 Å². The van der Waals surface area contributed by atoms with Crippen molar-refractivity contribution in [2.75, 3.05) is 10.6 Å². The van der Waals surface area contributed by atoms with Crippen LogP contribution in [0.3, 0.4) is 0 Å². The molecule has 1 aromatic heterocycles. The highest BCUT2D eigenvalue weighted by atomic mass is 19.1. The average Bonchev–Trinajstić information content (AvgIpc) is 2.76. The van der Waals surface area contributed by atoms with E-state index in [1.54, 1.807) is 12.1 Å². The van der Waals surface area contributed by atoms with Crippen LogP contribution in [-0.2, 0) is 9.59 Å². The van der Waals surface area contributed by atoms with E-state index in [1.165, 1.54) is 31.3 Å². The zero-order valence-electron chi connectivity index (χ0n) is 17.7. The van der Waals surface area contributed by atoms with Crippen LogP contribution in [0.15, 0.2) is 66.9 Å². The number of halogens is 1. The summed E-state index contributed by atoms with van der Waals surface area (Å²) in [4.78, 5) is 40.8. The van der Waals surface area contributed by atoms with Gasteiger partial charge in [0.1, 0.15) is 11.5 Å². The Labute approximate surface area is 185 Å². The lowest BCUT2D eigenvalue weighted by Crippen LogP contribution is -2.30. The van der Waals surface area contributed by atoms with Gasteiger partial charge in [-0.2, -0.15) is 0 Å². The Bertz CT molecular complexity index is 1120. The minimum atomic E-state index is -0.576. The van der Waals surface area contributed by atoms with Crippen molar-refractivity contribution in [1.29, 1.82) is 0 Å². The second kappa shape index (κ2) is 10.3. The number of aryl methyl sites for hydroxylation is 1. The third kappa shape index (κ3) is 6.21. The summed E-state index contributed by atoms with van der Waals surface area (Å²) in [6.07, 6.45) is 1.41. The van der Waals surface area contributed by atoms with Gasteiger partial charge in [-0.3, -0.25) is 19.4 Å². The molecule has 3 N–H and O–H groups in total. The number of carbonyl (C=O) groups excluding carboxylic acids is 3. The molecule has 1 atom stereocenters. The maximum atomic E-state index is 13.9. The molecule has 3 amide bonds. The summed E-state index contributed by atoms with van der Waals surface area (Å²) < 4.78 is 13.9. The number of benzene rings is 2. The van der Waals surface area contributed by atoms with E-state index in [0.29, 0.717) is 0 Å². The molecule has 8 heteroatoms. The molecule has 7 nitrogen and oxygen atoms in total. The molecule has 0 bridgehead atoms. The number of anilines is 2. The van der Waals surface area contributed by atoms with Crippen LogP contribution in [0.1, 0.15) is 41.0 Å². The first-order valence-electron chi connectivity index (χ1n) is 9.97. The molecule has 0 radical (unpaired) electrons. The lowest BCUT2D eigenvalue weighted by molar-refractivity contribution is -0.120. The molecule has 1 heterocycles. The van der Waals surface area contributed by atoms with Gasteiger partial charge in [-0.1, -0.05) is 35.9 Å². The molecule has 0 saturated carbocycles. The van der Waals surface area contributed by atoms with Crippen molar-refractivity contribution < 1.29 is 18.8 Å². The highest BCUT2D eigenvalue weighted by Crippen LogP contribution is 2.25. The van der Waals surface area contributed by atoms with Gasteiger partial charge in [-0.05, 0) is 42.8 Å². The Balaban J connectivity index is 1.77. The van der Waals surface area contributed by atoms with E-state index in [-0.39, 0.29) is 29.4 Å². The minimum absolute atomic E-state index is 0.0766. The van der Waals surface area contributed by atoms with Crippen LogP contribution in [0.4, 0.5) is 15.8 Å². The number of nitrogens with one attached hydrogen (secondary N) is 3. The van der Waals surface area contributed by atoms with E-state index in [2.05, 4.69) is 20.9 Å². The third-order valence-electron chi connectivity index (χ3n) is 4.65. The number of hydrogen-bond acceptors (Lipinski definition) is 4. The minimum Gasteiger partial charge on any atom is -0.349 e. The molecule has 3 aromatic rings. The molecule has 0 saturated heterocycles. The van der Waals surface area contributed by atoms with Crippen LogP contribution in [0.25, 0.3) is 0 Å². The summed E-state index contributed by atoms with van der Waals surface area (Å²) in [6.45, 7) is 3.31. The summed E-state index contributed by atoms with van der Waals surface area (Å²) in [7, 11) is 0. The smallest absolute Gasteiger partial charge is 0.274 e. The van der Waals surface area contributed by atoms with Crippen LogP contribution in [0.2, 0.25) is 0 Å². The fourth-order valence-corrected chi connectivity index (χ4v) is 3.10. The first-order valence-corrected chi connectivity index (χ1v) is 9.97. The number of pyridine rings is 1. The molecule has 0 fully saturated rings. The molecule has 0 spiro atoms. The van der Waals surface area contributed by atoms with Crippen molar-refractivity contribution in [3.8, 4) is 0 Å². The van der Waals surface area contributed by atoms with Crippen LogP contribution in [0.5, 0.6) is 0 Å². The van der Waals surface area contributed by atoms with Crippen LogP contribution < -0.4 is 16.0 Å². The molecule has 0 aliphatic carbocycles. The van der Waals surface area contributed by atoms with E-state index in [9.17, 15) is 18.8 Å². The fraction of sp³-hybridized carbons (Fsp3) is 0.167. The number of rotatable bonds is 7. The van der Waals surface area contributed by atoms with E-state index < -0.39 is 23.7 Å². The lowest BCUT2D eigenvalue weighted by Gasteiger charge is -2.19. The molecule has 1 unspecified atom stereocenters. The first-order chi connectivity index (χ1) is 15.3. The van der Waals surface area contributed by atoms with E-state index >= 15 is 0 Å². The normalized spacial score (nSPS) is 11.3. The molecular weight excluding hydrogens is 411 g/mol. The zero-order chi connectivity index (χ0) is 23.1. The third-order valence-corrected chi connectivity index (χ3v) is 4.65. The second-order valence-corrected chi connectivity index (χ2v) is 7.28. The van der Waals surface area contributed by atoms with Crippen molar-refractivity contribution in [2.45, 2.75) is 26.3 Å². The molecule has 32 heavy (non-hydrogen) atoms. The van der Waals surface area contributed by atoms with Gasteiger partial charge >= 0.3 is 0 Å². The number of amides is 3. The molecule has 0 aliphatic heterocycles. The van der Waals surface area contributed by atoms with Gasteiger partial charge in [0.25, 0.3) is 5.91 Å². The van der Waals surface area contributed by atoms with Gasteiger partial charge in [0.05, 0.1) is 23.8 Å².